The van der Waals surface area contributed by atoms with Crippen molar-refractivity contribution in [2.75, 3.05) is 5.32 Å². The molecule has 8 nitrogen and oxygen atoms in total. The fraction of sp³-hybridized carbons (Fsp3) is 0.280. The number of nitrogen functional groups attached to an aromatic ring is 1. The second-order valence-electron chi connectivity index (χ2n) is 8.84. The Morgan fingerprint density at radius 1 is 1.19 bits per heavy atom. The van der Waals surface area contributed by atoms with Crippen LogP contribution in [0.25, 0.3) is 0 Å². The highest BCUT2D eigenvalue weighted by atomic mass is 35.5. The molecule has 0 fully saturated rings. The van der Waals surface area contributed by atoms with Crippen molar-refractivity contribution < 1.29 is 18.0 Å². The number of hydrogen-bond acceptors (Lipinski definition) is 5. The molecule has 1 amide bonds. The molecule has 2 heterocycles. The first kappa shape index (κ1) is 26.2. The smallest absolute Gasteiger partial charge is 0.384 e. The minimum absolute atomic E-state index is 0.0498. The number of anilines is 1. The molecule has 4 rings (SSSR count). The quantitative estimate of drug-likeness (QED) is 0.268. The number of benzene rings is 2. The lowest BCUT2D eigenvalue weighted by Crippen LogP contribution is -2.36. The van der Waals surface area contributed by atoms with Crippen LogP contribution >= 0.6 is 11.6 Å². The van der Waals surface area contributed by atoms with Gasteiger partial charge in [0.2, 0.25) is 5.91 Å². The van der Waals surface area contributed by atoms with Crippen LogP contribution in [0.4, 0.5) is 19.0 Å². The number of nitrogens with two attached hydrogens (primary N) is 1. The lowest BCUT2D eigenvalue weighted by atomic mass is 10.0. The number of amides is 1. The third-order valence-corrected chi connectivity index (χ3v) is 6.48. The van der Waals surface area contributed by atoms with Crippen LogP contribution in [-0.2, 0) is 24.1 Å². The molecule has 37 heavy (non-hydrogen) atoms. The van der Waals surface area contributed by atoms with Crippen LogP contribution in [-0.4, -0.2) is 21.3 Å². The molecule has 0 bridgehead atoms. The average molecular weight is 533 g/mol. The molecule has 0 spiro atoms. The zero-order valence-corrected chi connectivity index (χ0v) is 20.5. The van der Waals surface area contributed by atoms with Crippen molar-refractivity contribution in [3.8, 4) is 0 Å². The Labute approximate surface area is 215 Å². The highest BCUT2D eigenvalue weighted by Gasteiger charge is 2.37. The highest BCUT2D eigenvalue weighted by molar-refractivity contribution is 6.30. The van der Waals surface area contributed by atoms with Gasteiger partial charge in [-0.15, -0.1) is 0 Å². The van der Waals surface area contributed by atoms with E-state index in [0.717, 1.165) is 17.7 Å². The molecule has 0 radical (unpaired) electrons. The molecule has 3 aromatic rings. The van der Waals surface area contributed by atoms with E-state index in [2.05, 4.69) is 15.6 Å². The summed E-state index contributed by atoms with van der Waals surface area (Å²) < 4.78 is 40.4. The van der Waals surface area contributed by atoms with Gasteiger partial charge in [0.05, 0.1) is 11.3 Å². The van der Waals surface area contributed by atoms with Gasteiger partial charge in [-0.3, -0.25) is 19.6 Å². The summed E-state index contributed by atoms with van der Waals surface area (Å²) in [5.74, 6) is -0.808. The summed E-state index contributed by atoms with van der Waals surface area (Å²) in [6.07, 6.45) is -4.15. The van der Waals surface area contributed by atoms with Crippen LogP contribution < -0.4 is 21.9 Å². The Bertz CT molecular complexity index is 1410. The maximum absolute atomic E-state index is 13.3. The predicted octanol–water partition coefficient (Wildman–Crippen LogP) is 4.18. The molecule has 0 saturated carbocycles. The number of fused-ring (bicyclic) bond motifs is 1. The first-order valence-electron chi connectivity index (χ1n) is 11.4. The van der Waals surface area contributed by atoms with E-state index in [1.807, 2.05) is 6.92 Å². The lowest BCUT2D eigenvalue weighted by molar-refractivity contribution is -0.137. The minimum atomic E-state index is -4.49. The summed E-state index contributed by atoms with van der Waals surface area (Å²) in [5, 5.41) is 13.1. The number of nitrogens with one attached hydrogen (secondary N) is 3. The zero-order valence-electron chi connectivity index (χ0n) is 19.7. The summed E-state index contributed by atoms with van der Waals surface area (Å²) >= 11 is 6.37. The van der Waals surface area contributed by atoms with Gasteiger partial charge in [0.15, 0.2) is 11.0 Å². The number of halogens is 4. The Kier molecular flexibility index (Phi) is 7.26. The number of hydrogen-bond donors (Lipinski definition) is 4. The highest BCUT2D eigenvalue weighted by Crippen LogP contribution is 2.38. The fourth-order valence-electron chi connectivity index (χ4n) is 4.32. The normalized spacial score (nSPS) is 16.8. The van der Waals surface area contributed by atoms with Crippen LogP contribution in [0.3, 0.4) is 0 Å². The molecule has 194 valence electrons. The molecule has 12 heteroatoms. The van der Waals surface area contributed by atoms with Crippen LogP contribution in [0.1, 0.15) is 53.3 Å². The minimum Gasteiger partial charge on any atom is -0.384 e. The molecule has 2 aromatic carbocycles. The van der Waals surface area contributed by atoms with Crippen molar-refractivity contribution in [3.63, 3.8) is 0 Å². The Balaban J connectivity index is 1.53. The fourth-order valence-corrected chi connectivity index (χ4v) is 4.68. The van der Waals surface area contributed by atoms with E-state index >= 15 is 0 Å². The van der Waals surface area contributed by atoms with E-state index in [0.29, 0.717) is 23.2 Å². The first-order valence-corrected chi connectivity index (χ1v) is 11.8. The number of nitrogens with zero attached hydrogens (tertiary/aromatic N) is 2. The van der Waals surface area contributed by atoms with Gasteiger partial charge in [0, 0.05) is 24.6 Å². The van der Waals surface area contributed by atoms with E-state index in [-0.39, 0.29) is 41.7 Å². The van der Waals surface area contributed by atoms with E-state index < -0.39 is 23.3 Å². The molecular weight excluding hydrogens is 509 g/mol. The predicted molar refractivity (Wildman–Crippen MR) is 134 cm³/mol. The second kappa shape index (κ2) is 10.3. The average Bonchev–Trinajstić information content (AvgIpc) is 3.21. The van der Waals surface area contributed by atoms with Gasteiger partial charge < -0.3 is 16.4 Å². The maximum Gasteiger partial charge on any atom is 0.416 e. The molecule has 1 aliphatic heterocycles. The summed E-state index contributed by atoms with van der Waals surface area (Å²) in [6.45, 7) is 1.94. The molecule has 0 unspecified atom stereocenters. The number of aromatic nitrogens is 2. The molecule has 1 aromatic heterocycles. The Morgan fingerprint density at radius 3 is 2.54 bits per heavy atom. The number of carbonyl (C=O) groups excluding carboxylic acids is 1. The van der Waals surface area contributed by atoms with Gasteiger partial charge in [-0.25, -0.2) is 4.98 Å². The van der Waals surface area contributed by atoms with Crippen molar-refractivity contribution in [3.05, 3.63) is 92.0 Å². The van der Waals surface area contributed by atoms with Gasteiger partial charge >= 0.3 is 6.18 Å². The van der Waals surface area contributed by atoms with Crippen LogP contribution in [0, 0.1) is 5.41 Å². The second-order valence-corrected chi connectivity index (χ2v) is 9.20. The number of rotatable bonds is 7. The maximum atomic E-state index is 13.3. The molecular formula is C25H24ClF3N6O2. The number of carbonyl (C=O) groups is 1. The third-order valence-electron chi connectivity index (χ3n) is 6.21. The van der Waals surface area contributed by atoms with Crippen LogP contribution in [0.2, 0.25) is 5.15 Å². The summed E-state index contributed by atoms with van der Waals surface area (Å²) in [7, 11) is 0. The molecule has 0 saturated heterocycles. The topological polar surface area (TPSA) is 126 Å². The van der Waals surface area contributed by atoms with Crippen molar-refractivity contribution >= 4 is 29.2 Å². The van der Waals surface area contributed by atoms with Gasteiger partial charge in [-0.1, -0.05) is 54.9 Å². The molecule has 2 atom stereocenters. The summed E-state index contributed by atoms with van der Waals surface area (Å²) in [4.78, 5) is 30.5. The largest absolute Gasteiger partial charge is 0.416 e. The third kappa shape index (κ3) is 5.61. The monoisotopic (exact) mass is 532 g/mol. The molecule has 1 aliphatic rings. The first-order chi connectivity index (χ1) is 17.5. The van der Waals surface area contributed by atoms with Crippen molar-refractivity contribution in [1.82, 2.24) is 14.9 Å². The zero-order chi connectivity index (χ0) is 26.9. The van der Waals surface area contributed by atoms with Crippen LogP contribution in [0.5, 0.6) is 0 Å². The SMILES string of the molecule is C[C@H]1C[C@@H](C(=O)NCc2ccc(C(=N)N)cc2)n2c1c(Cl)nc(NCc1cccc(C(F)(F)F)c1)c2=O. The van der Waals surface area contributed by atoms with Crippen molar-refractivity contribution in [1.29, 1.82) is 5.41 Å². The van der Waals surface area contributed by atoms with E-state index in [1.54, 1.807) is 24.3 Å². The molecule has 0 aliphatic carbocycles. The Morgan fingerprint density at radius 2 is 1.89 bits per heavy atom. The number of alkyl halides is 3. The van der Waals surface area contributed by atoms with Gasteiger partial charge in [-0.2, -0.15) is 13.2 Å². The van der Waals surface area contributed by atoms with Crippen molar-refractivity contribution in [2.24, 2.45) is 5.73 Å². The van der Waals surface area contributed by atoms with Gasteiger partial charge in [-0.05, 0) is 29.7 Å². The summed E-state index contributed by atoms with van der Waals surface area (Å²) in [5.41, 5.74) is 6.16. The van der Waals surface area contributed by atoms with E-state index in [4.69, 9.17) is 22.7 Å². The Hall–Kier alpha value is -3.86. The standard InChI is InChI=1S/C25H24ClF3N6O2/c1-13-9-18(23(36)33-11-14-5-7-16(8-6-14)21(30)31)35-19(13)20(26)34-22(24(35)37)32-12-15-3-2-4-17(10-15)25(27,28)29/h2-8,10,13,18H,9,11-12H2,1H3,(H3,30,31)(H,32,34)(H,33,36)/t13-,18-/m0/s1. The van der Waals surface area contributed by atoms with E-state index in [9.17, 15) is 22.8 Å². The summed E-state index contributed by atoms with van der Waals surface area (Å²) in [6, 6.07) is 10.7. The van der Waals surface area contributed by atoms with Crippen molar-refractivity contribution in [2.45, 2.75) is 44.6 Å². The molecule has 5 N–H and O–H groups in total. The lowest BCUT2D eigenvalue weighted by Gasteiger charge is -2.17. The van der Waals surface area contributed by atoms with Gasteiger partial charge in [0.1, 0.15) is 11.9 Å². The van der Waals surface area contributed by atoms with E-state index in [1.165, 1.54) is 16.7 Å². The number of amidine groups is 1. The van der Waals surface area contributed by atoms with Gasteiger partial charge in [0.25, 0.3) is 5.56 Å². The van der Waals surface area contributed by atoms with Crippen LogP contribution in [0.15, 0.2) is 53.3 Å².